The summed E-state index contributed by atoms with van der Waals surface area (Å²) in [5.41, 5.74) is 6.11. The van der Waals surface area contributed by atoms with Crippen molar-refractivity contribution in [3.63, 3.8) is 0 Å². The molecule has 2 N–H and O–H groups in total. The summed E-state index contributed by atoms with van der Waals surface area (Å²) in [5.74, 6) is 4.53. The molecule has 16 heavy (non-hydrogen) atoms. The van der Waals surface area contributed by atoms with Gasteiger partial charge in [-0.15, -0.1) is 0 Å². The molecule has 4 nitrogen and oxygen atoms in total. The van der Waals surface area contributed by atoms with Crippen molar-refractivity contribution >= 4 is 11.9 Å². The van der Waals surface area contributed by atoms with Crippen molar-refractivity contribution < 1.29 is 14.3 Å². The minimum atomic E-state index is -0.460. The van der Waals surface area contributed by atoms with Crippen molar-refractivity contribution in [1.29, 1.82) is 0 Å². The van der Waals surface area contributed by atoms with Gasteiger partial charge < -0.3 is 10.5 Å². The molecule has 82 valence electrons. The van der Waals surface area contributed by atoms with Crippen molar-refractivity contribution in [3.8, 4) is 11.8 Å². The summed E-state index contributed by atoms with van der Waals surface area (Å²) < 4.78 is 4.55. The molecular formula is C12H11NO3. The fourth-order valence-electron chi connectivity index (χ4n) is 1.04. The van der Waals surface area contributed by atoms with E-state index in [-0.39, 0.29) is 6.42 Å². The van der Waals surface area contributed by atoms with E-state index >= 15 is 0 Å². The van der Waals surface area contributed by atoms with Crippen LogP contribution >= 0.6 is 0 Å². The fourth-order valence-corrected chi connectivity index (χ4v) is 1.04. The number of amides is 1. The summed E-state index contributed by atoms with van der Waals surface area (Å²) in [6.07, 6.45) is 0.0265. The second-order valence-electron chi connectivity index (χ2n) is 3.01. The standard InChI is InChI=1S/C12H11NO3/c1-16-12(15)10-7-5-9(6-8-10)3-2-4-11(13)14/h5-8H,4H2,1H3,(H2,13,14). The zero-order chi connectivity index (χ0) is 12.0. The predicted molar refractivity (Wildman–Crippen MR) is 58.5 cm³/mol. The number of ether oxygens (including phenoxy) is 1. The van der Waals surface area contributed by atoms with Crippen LogP contribution in [0.3, 0.4) is 0 Å². The quantitative estimate of drug-likeness (QED) is 0.585. The molecule has 0 atom stereocenters. The third-order valence-electron chi connectivity index (χ3n) is 1.80. The van der Waals surface area contributed by atoms with E-state index in [2.05, 4.69) is 16.6 Å². The van der Waals surface area contributed by atoms with E-state index in [1.165, 1.54) is 7.11 Å². The Hall–Kier alpha value is -2.28. The van der Waals surface area contributed by atoms with Gasteiger partial charge in [-0.1, -0.05) is 11.8 Å². The van der Waals surface area contributed by atoms with Crippen LogP contribution in [0.15, 0.2) is 24.3 Å². The second kappa shape index (κ2) is 5.56. The predicted octanol–water partition coefficient (Wildman–Crippen LogP) is 0.700. The van der Waals surface area contributed by atoms with Crippen LogP contribution < -0.4 is 5.73 Å². The molecule has 4 heteroatoms. The van der Waals surface area contributed by atoms with Crippen molar-refractivity contribution in [2.75, 3.05) is 7.11 Å². The van der Waals surface area contributed by atoms with Gasteiger partial charge in [-0.2, -0.15) is 0 Å². The molecule has 1 aromatic carbocycles. The lowest BCUT2D eigenvalue weighted by molar-refractivity contribution is -0.117. The molecule has 0 radical (unpaired) electrons. The number of benzene rings is 1. The Morgan fingerprint density at radius 1 is 1.31 bits per heavy atom. The molecule has 0 heterocycles. The summed E-state index contributed by atoms with van der Waals surface area (Å²) in [6, 6.07) is 6.58. The highest BCUT2D eigenvalue weighted by Gasteiger charge is 2.02. The Morgan fingerprint density at radius 3 is 2.44 bits per heavy atom. The van der Waals surface area contributed by atoms with Crippen LogP contribution in [0.5, 0.6) is 0 Å². The maximum Gasteiger partial charge on any atom is 0.337 e. The maximum absolute atomic E-state index is 11.1. The van der Waals surface area contributed by atoms with Crippen molar-refractivity contribution in [2.45, 2.75) is 6.42 Å². The number of hydrogen-bond acceptors (Lipinski definition) is 3. The third-order valence-corrected chi connectivity index (χ3v) is 1.80. The lowest BCUT2D eigenvalue weighted by atomic mass is 10.1. The van der Waals surface area contributed by atoms with Gasteiger partial charge in [-0.3, -0.25) is 4.79 Å². The summed E-state index contributed by atoms with van der Waals surface area (Å²) in [4.78, 5) is 21.5. The van der Waals surface area contributed by atoms with Gasteiger partial charge in [0.1, 0.15) is 0 Å². The van der Waals surface area contributed by atoms with Gasteiger partial charge in [-0.05, 0) is 24.3 Å². The third kappa shape index (κ3) is 3.46. The molecule has 0 bridgehead atoms. The molecule has 0 aromatic heterocycles. The zero-order valence-corrected chi connectivity index (χ0v) is 8.82. The SMILES string of the molecule is COC(=O)c1ccc(C#CCC(N)=O)cc1. The maximum atomic E-state index is 11.1. The highest BCUT2D eigenvalue weighted by molar-refractivity contribution is 5.89. The van der Waals surface area contributed by atoms with E-state index in [1.807, 2.05) is 0 Å². The molecule has 0 spiro atoms. The second-order valence-corrected chi connectivity index (χ2v) is 3.01. The summed E-state index contributed by atoms with van der Waals surface area (Å²) in [5, 5.41) is 0. The van der Waals surface area contributed by atoms with Gasteiger partial charge in [0, 0.05) is 5.56 Å². The molecule has 0 aliphatic rings. The Bertz CT molecular complexity index is 451. The average molecular weight is 217 g/mol. The van der Waals surface area contributed by atoms with Crippen LogP contribution in [-0.2, 0) is 9.53 Å². The highest BCUT2D eigenvalue weighted by atomic mass is 16.5. The minimum absolute atomic E-state index is 0.0265. The van der Waals surface area contributed by atoms with Gasteiger partial charge in [-0.25, -0.2) is 4.79 Å². The smallest absolute Gasteiger partial charge is 0.337 e. The topological polar surface area (TPSA) is 69.4 Å². The van der Waals surface area contributed by atoms with Crippen LogP contribution in [-0.4, -0.2) is 19.0 Å². The molecule has 0 aliphatic heterocycles. The van der Waals surface area contributed by atoms with Crippen LogP contribution in [0, 0.1) is 11.8 Å². The van der Waals surface area contributed by atoms with Gasteiger partial charge in [0.25, 0.3) is 0 Å². The van der Waals surface area contributed by atoms with E-state index in [1.54, 1.807) is 24.3 Å². The summed E-state index contributed by atoms with van der Waals surface area (Å²) in [7, 11) is 1.32. The number of hydrogen-bond donors (Lipinski definition) is 1. The minimum Gasteiger partial charge on any atom is -0.465 e. The zero-order valence-electron chi connectivity index (χ0n) is 8.82. The first-order valence-electron chi connectivity index (χ1n) is 4.59. The largest absolute Gasteiger partial charge is 0.465 e. The number of primary amides is 1. The average Bonchev–Trinajstić information content (AvgIpc) is 2.28. The lowest BCUT2D eigenvalue weighted by Gasteiger charge is -1.97. The van der Waals surface area contributed by atoms with Crippen molar-refractivity contribution in [2.24, 2.45) is 5.73 Å². The van der Waals surface area contributed by atoms with Gasteiger partial charge in [0.05, 0.1) is 19.1 Å². The summed E-state index contributed by atoms with van der Waals surface area (Å²) in [6.45, 7) is 0. The molecule has 0 unspecified atom stereocenters. The Balaban J connectivity index is 2.74. The van der Waals surface area contributed by atoms with E-state index in [4.69, 9.17) is 5.73 Å². The first-order valence-corrected chi connectivity index (χ1v) is 4.59. The normalized spacial score (nSPS) is 8.81. The number of methoxy groups -OCH3 is 1. The molecule has 1 rings (SSSR count). The van der Waals surface area contributed by atoms with E-state index in [0.717, 1.165) is 0 Å². The first kappa shape index (κ1) is 11.8. The van der Waals surface area contributed by atoms with Gasteiger partial charge in [0.15, 0.2) is 0 Å². The Morgan fingerprint density at radius 2 is 1.94 bits per heavy atom. The molecule has 0 saturated carbocycles. The molecular weight excluding hydrogens is 206 g/mol. The number of esters is 1. The van der Waals surface area contributed by atoms with Crippen molar-refractivity contribution in [1.82, 2.24) is 0 Å². The Kier molecular flexibility index (Phi) is 4.10. The summed E-state index contributed by atoms with van der Waals surface area (Å²) >= 11 is 0. The van der Waals surface area contributed by atoms with E-state index in [0.29, 0.717) is 11.1 Å². The first-order chi connectivity index (χ1) is 7.63. The van der Waals surface area contributed by atoms with E-state index < -0.39 is 11.9 Å². The molecule has 1 aromatic rings. The van der Waals surface area contributed by atoms with Crippen LogP contribution in [0.4, 0.5) is 0 Å². The van der Waals surface area contributed by atoms with Crippen molar-refractivity contribution in [3.05, 3.63) is 35.4 Å². The lowest BCUT2D eigenvalue weighted by Crippen LogP contribution is -2.08. The molecule has 0 fully saturated rings. The van der Waals surface area contributed by atoms with Crippen LogP contribution in [0.2, 0.25) is 0 Å². The molecule has 1 amide bonds. The van der Waals surface area contributed by atoms with Crippen LogP contribution in [0.25, 0.3) is 0 Å². The molecule has 0 saturated heterocycles. The van der Waals surface area contributed by atoms with E-state index in [9.17, 15) is 9.59 Å². The number of carbonyl (C=O) groups excluding carboxylic acids is 2. The highest BCUT2D eigenvalue weighted by Crippen LogP contribution is 2.04. The molecule has 0 aliphatic carbocycles. The van der Waals surface area contributed by atoms with Crippen LogP contribution in [0.1, 0.15) is 22.3 Å². The number of carbonyl (C=O) groups is 2. The number of nitrogens with two attached hydrogens (primary N) is 1. The number of rotatable bonds is 2. The fraction of sp³-hybridized carbons (Fsp3) is 0.167. The van der Waals surface area contributed by atoms with Gasteiger partial charge >= 0.3 is 5.97 Å². The monoisotopic (exact) mass is 217 g/mol. The Labute approximate surface area is 93.4 Å². The van der Waals surface area contributed by atoms with Gasteiger partial charge in [0.2, 0.25) is 5.91 Å².